The molecule has 0 saturated heterocycles. The molecule has 0 radical (unpaired) electrons. The molecule has 152 valence electrons. The molecule has 5 rings (SSSR count). The second-order valence-electron chi connectivity index (χ2n) is 7.61. The number of H-pyrrole nitrogens is 1. The van der Waals surface area contributed by atoms with Gasteiger partial charge in [0.05, 0.1) is 19.3 Å². The molecule has 1 aromatic heterocycles. The van der Waals surface area contributed by atoms with Gasteiger partial charge < -0.3 is 19.8 Å². The SMILES string of the molecule is COc1ccc([C@H]2[NH2+]CCc3c2[nH]c2ccccc32)cc1COc1ccccc1F. The van der Waals surface area contributed by atoms with Crippen molar-refractivity contribution < 1.29 is 19.2 Å². The van der Waals surface area contributed by atoms with Crippen LogP contribution in [0, 0.1) is 5.82 Å². The van der Waals surface area contributed by atoms with Gasteiger partial charge in [-0.05, 0) is 42.0 Å². The number of nitrogens with one attached hydrogen (secondary N) is 1. The number of aromatic nitrogens is 1. The van der Waals surface area contributed by atoms with E-state index in [1.807, 2.05) is 6.07 Å². The Morgan fingerprint density at radius 1 is 1.03 bits per heavy atom. The Morgan fingerprint density at radius 3 is 2.73 bits per heavy atom. The zero-order valence-corrected chi connectivity index (χ0v) is 16.8. The average molecular weight is 403 g/mol. The lowest BCUT2D eigenvalue weighted by Crippen LogP contribution is -2.87. The number of hydrogen-bond donors (Lipinski definition) is 2. The van der Waals surface area contributed by atoms with Crippen molar-refractivity contribution in [2.24, 2.45) is 0 Å². The molecule has 0 saturated carbocycles. The van der Waals surface area contributed by atoms with Crippen molar-refractivity contribution in [1.29, 1.82) is 0 Å². The largest absolute Gasteiger partial charge is 0.496 e. The molecule has 0 amide bonds. The van der Waals surface area contributed by atoms with Crippen LogP contribution in [0.3, 0.4) is 0 Å². The number of rotatable bonds is 5. The predicted octanol–water partition coefficient (Wildman–Crippen LogP) is 4.10. The summed E-state index contributed by atoms with van der Waals surface area (Å²) < 4.78 is 25.2. The molecule has 1 atom stereocenters. The van der Waals surface area contributed by atoms with Crippen LogP contribution in [0.15, 0.2) is 66.7 Å². The van der Waals surface area contributed by atoms with Crippen LogP contribution in [-0.4, -0.2) is 18.6 Å². The highest BCUT2D eigenvalue weighted by Crippen LogP contribution is 2.32. The Balaban J connectivity index is 1.49. The predicted molar refractivity (Wildman–Crippen MR) is 114 cm³/mol. The highest BCUT2D eigenvalue weighted by molar-refractivity contribution is 5.85. The summed E-state index contributed by atoms with van der Waals surface area (Å²) in [5.74, 6) is 0.616. The first-order valence-corrected chi connectivity index (χ1v) is 10.2. The third-order valence-corrected chi connectivity index (χ3v) is 5.84. The number of halogens is 1. The normalized spacial score (nSPS) is 15.7. The average Bonchev–Trinajstić information content (AvgIpc) is 3.17. The maximum absolute atomic E-state index is 13.9. The highest BCUT2D eigenvalue weighted by atomic mass is 19.1. The first-order chi connectivity index (χ1) is 14.7. The molecule has 4 nitrogen and oxygen atoms in total. The molecule has 0 aliphatic carbocycles. The zero-order valence-electron chi connectivity index (χ0n) is 16.8. The molecule has 0 unspecified atom stereocenters. The second-order valence-corrected chi connectivity index (χ2v) is 7.61. The number of para-hydroxylation sites is 2. The fourth-order valence-corrected chi connectivity index (χ4v) is 4.39. The summed E-state index contributed by atoms with van der Waals surface area (Å²) in [6.07, 6.45) is 1.05. The van der Waals surface area contributed by atoms with Crippen molar-refractivity contribution in [2.75, 3.05) is 13.7 Å². The zero-order chi connectivity index (χ0) is 20.5. The molecule has 0 fully saturated rings. The monoisotopic (exact) mass is 403 g/mol. The van der Waals surface area contributed by atoms with Crippen molar-refractivity contribution >= 4 is 10.9 Å². The van der Waals surface area contributed by atoms with Crippen LogP contribution in [-0.2, 0) is 13.0 Å². The van der Waals surface area contributed by atoms with Gasteiger partial charge >= 0.3 is 0 Å². The van der Waals surface area contributed by atoms with Crippen LogP contribution in [0.4, 0.5) is 4.39 Å². The van der Waals surface area contributed by atoms with Gasteiger partial charge in [-0.15, -0.1) is 0 Å². The molecule has 5 heteroatoms. The lowest BCUT2D eigenvalue weighted by molar-refractivity contribution is -0.690. The van der Waals surface area contributed by atoms with E-state index in [0.29, 0.717) is 0 Å². The summed E-state index contributed by atoms with van der Waals surface area (Å²) in [5, 5.41) is 3.67. The molecule has 30 heavy (non-hydrogen) atoms. The minimum absolute atomic E-state index is 0.180. The van der Waals surface area contributed by atoms with E-state index < -0.39 is 0 Å². The van der Waals surface area contributed by atoms with Crippen molar-refractivity contribution in [3.8, 4) is 11.5 Å². The lowest BCUT2D eigenvalue weighted by atomic mass is 9.93. The Bertz CT molecular complexity index is 1200. The number of ether oxygens (including phenoxy) is 2. The van der Waals surface area contributed by atoms with Gasteiger partial charge in [-0.2, -0.15) is 0 Å². The minimum Gasteiger partial charge on any atom is -0.496 e. The van der Waals surface area contributed by atoms with Gasteiger partial charge in [-0.1, -0.05) is 30.3 Å². The fourth-order valence-electron chi connectivity index (χ4n) is 4.39. The summed E-state index contributed by atoms with van der Waals surface area (Å²) in [7, 11) is 1.64. The number of aromatic amines is 1. The summed E-state index contributed by atoms with van der Waals surface area (Å²) in [4.78, 5) is 3.63. The molecule has 3 aromatic carbocycles. The highest BCUT2D eigenvalue weighted by Gasteiger charge is 2.29. The first kappa shape index (κ1) is 18.7. The van der Waals surface area contributed by atoms with Gasteiger partial charge in [0, 0.05) is 28.5 Å². The van der Waals surface area contributed by atoms with Crippen molar-refractivity contribution in [1.82, 2.24) is 4.98 Å². The molecule has 4 aromatic rings. The van der Waals surface area contributed by atoms with Gasteiger partial charge in [-0.3, -0.25) is 0 Å². The van der Waals surface area contributed by atoms with E-state index >= 15 is 0 Å². The molecular formula is C25H24FN2O2+. The number of benzene rings is 3. The number of fused-ring (bicyclic) bond motifs is 3. The van der Waals surface area contributed by atoms with Crippen LogP contribution < -0.4 is 14.8 Å². The third kappa shape index (κ3) is 3.31. The number of quaternary nitrogens is 1. The summed E-state index contributed by atoms with van der Waals surface area (Å²) in [6.45, 7) is 1.27. The van der Waals surface area contributed by atoms with E-state index in [-0.39, 0.29) is 24.2 Å². The smallest absolute Gasteiger partial charge is 0.165 e. The van der Waals surface area contributed by atoms with Crippen molar-refractivity contribution in [3.63, 3.8) is 0 Å². The van der Waals surface area contributed by atoms with E-state index in [1.165, 1.54) is 33.8 Å². The van der Waals surface area contributed by atoms with Crippen LogP contribution >= 0.6 is 0 Å². The maximum atomic E-state index is 13.9. The quantitative estimate of drug-likeness (QED) is 0.527. The molecule has 2 heterocycles. The molecule has 1 aliphatic heterocycles. The topological polar surface area (TPSA) is 50.9 Å². The molecule has 0 bridgehead atoms. The van der Waals surface area contributed by atoms with Gasteiger partial charge in [0.15, 0.2) is 17.6 Å². The third-order valence-electron chi connectivity index (χ3n) is 5.84. The maximum Gasteiger partial charge on any atom is 0.165 e. The standard InChI is InChI=1S/C25H23FN2O2/c1-29-22-11-10-16(14-17(22)15-30-23-9-5-3-7-20(23)26)24-25-19(12-13-27-24)18-6-2-4-8-21(18)28-25/h2-11,14,24,27-28H,12-13,15H2,1H3/p+1/t24-/m1/s1. The summed E-state index contributed by atoms with van der Waals surface area (Å²) >= 11 is 0. The van der Waals surface area contributed by atoms with E-state index in [2.05, 4.69) is 46.7 Å². The Kier molecular flexibility index (Phi) is 4.89. The fraction of sp³-hybridized carbons (Fsp3) is 0.200. The van der Waals surface area contributed by atoms with Crippen LogP contribution in [0.2, 0.25) is 0 Å². The van der Waals surface area contributed by atoms with E-state index in [1.54, 1.807) is 25.3 Å². The Morgan fingerprint density at radius 2 is 1.87 bits per heavy atom. The number of nitrogens with two attached hydrogens (primary N) is 1. The first-order valence-electron chi connectivity index (χ1n) is 10.2. The number of methoxy groups -OCH3 is 1. The number of hydrogen-bond acceptors (Lipinski definition) is 2. The van der Waals surface area contributed by atoms with Crippen molar-refractivity contribution in [3.05, 3.63) is 94.9 Å². The van der Waals surface area contributed by atoms with Gasteiger partial charge in [0.25, 0.3) is 0 Å². The van der Waals surface area contributed by atoms with Crippen LogP contribution in [0.25, 0.3) is 10.9 Å². The van der Waals surface area contributed by atoms with Crippen molar-refractivity contribution in [2.45, 2.75) is 19.1 Å². The second kappa shape index (κ2) is 7.84. The summed E-state index contributed by atoms with van der Waals surface area (Å²) in [5.41, 5.74) is 5.91. The molecular weight excluding hydrogens is 379 g/mol. The Hall–Kier alpha value is -3.31. The summed E-state index contributed by atoms with van der Waals surface area (Å²) in [6, 6.07) is 21.3. The van der Waals surface area contributed by atoms with Crippen LogP contribution in [0.5, 0.6) is 11.5 Å². The van der Waals surface area contributed by atoms with E-state index in [9.17, 15) is 4.39 Å². The minimum atomic E-state index is -0.365. The molecule has 0 spiro atoms. The molecule has 1 aliphatic rings. The van der Waals surface area contributed by atoms with E-state index in [0.717, 1.165) is 24.3 Å². The van der Waals surface area contributed by atoms with Gasteiger partial charge in [0.2, 0.25) is 0 Å². The van der Waals surface area contributed by atoms with Gasteiger partial charge in [0.1, 0.15) is 12.4 Å². The lowest BCUT2D eigenvalue weighted by Gasteiger charge is -2.22. The van der Waals surface area contributed by atoms with E-state index in [4.69, 9.17) is 9.47 Å². The molecule has 3 N–H and O–H groups in total. The Labute approximate surface area is 174 Å². The van der Waals surface area contributed by atoms with Crippen LogP contribution in [0.1, 0.15) is 28.4 Å². The van der Waals surface area contributed by atoms with Gasteiger partial charge in [-0.25, -0.2) is 4.39 Å².